The molecule has 0 aromatic carbocycles. The minimum absolute atomic E-state index is 0.253. The van der Waals surface area contributed by atoms with E-state index in [0.717, 1.165) is 31.9 Å². The lowest BCUT2D eigenvalue weighted by Crippen LogP contribution is -2.65. The molecule has 3 nitrogen and oxygen atoms in total. The third-order valence-electron chi connectivity index (χ3n) is 5.39. The first-order chi connectivity index (χ1) is 8.91. The average molecular weight is 268 g/mol. The van der Waals surface area contributed by atoms with Crippen molar-refractivity contribution >= 4 is 0 Å². The summed E-state index contributed by atoms with van der Waals surface area (Å²) in [5, 5.41) is 0. The van der Waals surface area contributed by atoms with Gasteiger partial charge in [0, 0.05) is 18.7 Å². The fourth-order valence-electron chi connectivity index (χ4n) is 3.92. The lowest BCUT2D eigenvalue weighted by molar-refractivity contribution is -0.111. The summed E-state index contributed by atoms with van der Waals surface area (Å²) >= 11 is 0. The molecule has 0 aromatic rings. The first-order valence-electron chi connectivity index (χ1n) is 7.98. The first kappa shape index (κ1) is 15.3. The van der Waals surface area contributed by atoms with Gasteiger partial charge in [-0.25, -0.2) is 0 Å². The van der Waals surface area contributed by atoms with Gasteiger partial charge >= 0.3 is 0 Å². The zero-order chi connectivity index (χ0) is 14.1. The normalized spacial score (nSPS) is 34.3. The van der Waals surface area contributed by atoms with Crippen LogP contribution in [0.4, 0.5) is 0 Å². The lowest BCUT2D eigenvalue weighted by Gasteiger charge is -2.56. The first-order valence-corrected chi connectivity index (χ1v) is 7.98. The molecule has 0 atom stereocenters. The third-order valence-corrected chi connectivity index (χ3v) is 5.39. The second-order valence-electron chi connectivity index (χ2n) is 7.54. The van der Waals surface area contributed by atoms with Crippen molar-refractivity contribution in [3.8, 4) is 0 Å². The molecular weight excluding hydrogens is 236 g/mol. The summed E-state index contributed by atoms with van der Waals surface area (Å²) in [6, 6.07) is 0. The van der Waals surface area contributed by atoms with Gasteiger partial charge in [-0.1, -0.05) is 20.8 Å². The van der Waals surface area contributed by atoms with Gasteiger partial charge in [-0.3, -0.25) is 4.90 Å². The number of nitrogens with two attached hydrogens (primary N) is 1. The molecule has 0 bridgehead atoms. The summed E-state index contributed by atoms with van der Waals surface area (Å²) in [6.07, 6.45) is 5.37. The molecule has 0 aromatic heterocycles. The smallest absolute Gasteiger partial charge is 0.0611 e. The summed E-state index contributed by atoms with van der Waals surface area (Å²) in [6.45, 7) is 13.3. The number of likely N-dealkylation sites (tertiary alicyclic amines) is 1. The molecule has 3 heteroatoms. The van der Waals surface area contributed by atoms with E-state index >= 15 is 0 Å². The molecule has 1 aliphatic heterocycles. The fourth-order valence-corrected chi connectivity index (χ4v) is 3.92. The van der Waals surface area contributed by atoms with Crippen LogP contribution >= 0.6 is 0 Å². The Bertz CT molecular complexity index is 284. The van der Waals surface area contributed by atoms with Crippen LogP contribution in [0, 0.1) is 11.3 Å². The highest BCUT2D eigenvalue weighted by Gasteiger charge is 2.49. The second-order valence-corrected chi connectivity index (χ2v) is 7.54. The van der Waals surface area contributed by atoms with Crippen LogP contribution in [0.15, 0.2) is 0 Å². The third kappa shape index (κ3) is 3.14. The molecule has 1 heterocycles. The Hall–Kier alpha value is -0.120. The molecule has 1 aliphatic carbocycles. The number of rotatable bonds is 4. The Balaban J connectivity index is 1.87. The van der Waals surface area contributed by atoms with Crippen LogP contribution in [0.1, 0.15) is 53.4 Å². The summed E-state index contributed by atoms with van der Waals surface area (Å²) < 4.78 is 5.72. The second kappa shape index (κ2) is 5.71. The average Bonchev–Trinajstić information content (AvgIpc) is 2.32. The Morgan fingerprint density at radius 2 is 1.79 bits per heavy atom. The van der Waals surface area contributed by atoms with Gasteiger partial charge in [-0.2, -0.15) is 0 Å². The lowest BCUT2D eigenvalue weighted by atomic mass is 9.69. The van der Waals surface area contributed by atoms with E-state index in [1.54, 1.807) is 0 Å². The van der Waals surface area contributed by atoms with E-state index in [9.17, 15) is 0 Å². The summed E-state index contributed by atoms with van der Waals surface area (Å²) in [5.74, 6) is 0.862. The van der Waals surface area contributed by atoms with Crippen molar-refractivity contribution in [1.29, 1.82) is 0 Å². The van der Waals surface area contributed by atoms with Gasteiger partial charge in [0.2, 0.25) is 0 Å². The van der Waals surface area contributed by atoms with Gasteiger partial charge in [-0.15, -0.1) is 0 Å². The molecule has 1 saturated heterocycles. The van der Waals surface area contributed by atoms with Crippen molar-refractivity contribution in [3.63, 3.8) is 0 Å². The van der Waals surface area contributed by atoms with Crippen molar-refractivity contribution in [1.82, 2.24) is 4.90 Å². The monoisotopic (exact) mass is 268 g/mol. The highest BCUT2D eigenvalue weighted by Crippen LogP contribution is 2.43. The molecule has 2 rings (SSSR count). The van der Waals surface area contributed by atoms with E-state index in [1.165, 1.54) is 25.9 Å². The quantitative estimate of drug-likeness (QED) is 0.852. The number of hydrogen-bond acceptors (Lipinski definition) is 3. The summed E-state index contributed by atoms with van der Waals surface area (Å²) in [5.41, 5.74) is 6.79. The van der Waals surface area contributed by atoms with Crippen molar-refractivity contribution in [2.45, 2.75) is 65.0 Å². The highest BCUT2D eigenvalue weighted by molar-refractivity contribution is 5.05. The van der Waals surface area contributed by atoms with Crippen molar-refractivity contribution < 1.29 is 4.74 Å². The maximum Gasteiger partial charge on any atom is 0.0611 e. The Labute approximate surface area is 118 Å². The van der Waals surface area contributed by atoms with Crippen LogP contribution < -0.4 is 5.73 Å². The zero-order valence-corrected chi connectivity index (χ0v) is 13.2. The van der Waals surface area contributed by atoms with E-state index in [-0.39, 0.29) is 5.54 Å². The van der Waals surface area contributed by atoms with Crippen LogP contribution in [-0.2, 0) is 4.74 Å². The maximum atomic E-state index is 6.08. The topological polar surface area (TPSA) is 38.5 Å². The standard InChI is InChI=1S/C16H32N2O/c1-5-19-14-10-16(11-14,12-17)18-8-6-13(7-9-18)15(2,3)4/h13-14H,5-12,17H2,1-4H3. The van der Waals surface area contributed by atoms with Gasteiger partial charge in [-0.05, 0) is 57.0 Å². The van der Waals surface area contributed by atoms with Gasteiger partial charge in [0.15, 0.2) is 0 Å². The Kier molecular flexibility index (Phi) is 4.59. The molecule has 19 heavy (non-hydrogen) atoms. The van der Waals surface area contributed by atoms with E-state index in [1.807, 2.05) is 0 Å². The van der Waals surface area contributed by atoms with Gasteiger partial charge in [0.1, 0.15) is 0 Å². The predicted molar refractivity (Wildman–Crippen MR) is 80.2 cm³/mol. The van der Waals surface area contributed by atoms with Crippen LogP contribution in [0.3, 0.4) is 0 Å². The van der Waals surface area contributed by atoms with Crippen LogP contribution in [0.25, 0.3) is 0 Å². The van der Waals surface area contributed by atoms with Crippen molar-refractivity contribution in [2.24, 2.45) is 17.1 Å². The van der Waals surface area contributed by atoms with E-state index < -0.39 is 0 Å². The number of hydrogen-bond donors (Lipinski definition) is 1. The predicted octanol–water partition coefficient (Wildman–Crippen LogP) is 2.64. The van der Waals surface area contributed by atoms with Crippen LogP contribution in [-0.4, -0.2) is 42.8 Å². The molecule has 0 spiro atoms. The molecular formula is C16H32N2O. The number of nitrogens with zero attached hydrogens (tertiary/aromatic N) is 1. The molecule has 2 N–H and O–H groups in total. The number of piperidine rings is 1. The zero-order valence-electron chi connectivity index (χ0n) is 13.2. The van der Waals surface area contributed by atoms with Gasteiger partial charge in [0.25, 0.3) is 0 Å². The highest BCUT2D eigenvalue weighted by atomic mass is 16.5. The Morgan fingerprint density at radius 1 is 1.21 bits per heavy atom. The minimum Gasteiger partial charge on any atom is -0.378 e. The van der Waals surface area contributed by atoms with E-state index in [0.29, 0.717) is 11.5 Å². The molecule has 0 radical (unpaired) electrons. The molecule has 2 fully saturated rings. The molecule has 0 unspecified atom stereocenters. The van der Waals surface area contributed by atoms with E-state index in [4.69, 9.17) is 10.5 Å². The molecule has 112 valence electrons. The van der Waals surface area contributed by atoms with Gasteiger partial charge in [0.05, 0.1) is 6.10 Å². The van der Waals surface area contributed by atoms with Gasteiger partial charge < -0.3 is 10.5 Å². The van der Waals surface area contributed by atoms with E-state index in [2.05, 4.69) is 32.6 Å². The molecule has 2 aliphatic rings. The fraction of sp³-hybridized carbons (Fsp3) is 1.00. The molecule has 1 saturated carbocycles. The van der Waals surface area contributed by atoms with Crippen LogP contribution in [0.5, 0.6) is 0 Å². The number of ether oxygens (including phenoxy) is 1. The van der Waals surface area contributed by atoms with Crippen LogP contribution in [0.2, 0.25) is 0 Å². The minimum atomic E-state index is 0.253. The Morgan fingerprint density at radius 3 is 2.21 bits per heavy atom. The van der Waals surface area contributed by atoms with Crippen molar-refractivity contribution in [3.05, 3.63) is 0 Å². The molecule has 0 amide bonds. The summed E-state index contributed by atoms with van der Waals surface area (Å²) in [4.78, 5) is 2.66. The largest absolute Gasteiger partial charge is 0.378 e. The maximum absolute atomic E-state index is 6.08. The summed E-state index contributed by atoms with van der Waals surface area (Å²) in [7, 11) is 0. The SMILES string of the molecule is CCOC1CC(CN)(N2CCC(C(C)(C)C)CC2)C1. The van der Waals surface area contributed by atoms with Crippen molar-refractivity contribution in [2.75, 3.05) is 26.2 Å².